The van der Waals surface area contributed by atoms with E-state index < -0.39 is 19.5 Å². The number of benzene rings is 1. The Morgan fingerprint density at radius 3 is 2.53 bits per heavy atom. The SMILES string of the molecule is CCOC(=O)[C@H](C)NP(C)(=O)Oc1ccc(Cl)cc1. The van der Waals surface area contributed by atoms with Crippen molar-refractivity contribution in [2.24, 2.45) is 0 Å². The molecule has 2 atom stereocenters. The zero-order chi connectivity index (χ0) is 14.5. The maximum atomic E-state index is 12.2. The number of carbonyl (C=O) groups is 1. The van der Waals surface area contributed by atoms with E-state index >= 15 is 0 Å². The lowest BCUT2D eigenvalue weighted by Gasteiger charge is -2.20. The molecule has 0 amide bonds. The molecule has 0 radical (unpaired) electrons. The highest BCUT2D eigenvalue weighted by Gasteiger charge is 2.25. The summed E-state index contributed by atoms with van der Waals surface area (Å²) in [5, 5.41) is 3.19. The third-order valence-electron chi connectivity index (χ3n) is 2.16. The number of hydrogen-bond donors (Lipinski definition) is 1. The molecule has 0 fully saturated rings. The first-order chi connectivity index (χ1) is 8.84. The van der Waals surface area contributed by atoms with Crippen molar-refractivity contribution in [3.05, 3.63) is 29.3 Å². The maximum absolute atomic E-state index is 12.2. The minimum absolute atomic E-state index is 0.275. The van der Waals surface area contributed by atoms with Crippen LogP contribution in [0.4, 0.5) is 0 Å². The van der Waals surface area contributed by atoms with Crippen LogP contribution in [0.5, 0.6) is 5.75 Å². The Labute approximate surface area is 117 Å². The molecule has 19 heavy (non-hydrogen) atoms. The van der Waals surface area contributed by atoms with Crippen molar-refractivity contribution in [2.45, 2.75) is 19.9 Å². The molecule has 1 aromatic carbocycles. The van der Waals surface area contributed by atoms with Gasteiger partial charge in [-0.3, -0.25) is 9.36 Å². The molecule has 0 aliphatic rings. The molecule has 0 aliphatic carbocycles. The highest BCUT2D eigenvalue weighted by atomic mass is 35.5. The standard InChI is InChI=1S/C12H17ClNO4P/c1-4-17-12(15)9(2)14-19(3,16)18-11-7-5-10(13)6-8-11/h5-9H,4H2,1-3H3,(H,14,16)/t9-,19?/m0/s1. The number of rotatable bonds is 6. The number of ether oxygens (including phenoxy) is 1. The fourth-order valence-corrected chi connectivity index (χ4v) is 2.91. The summed E-state index contributed by atoms with van der Waals surface area (Å²) in [6.07, 6.45) is 0. The van der Waals surface area contributed by atoms with Crippen molar-refractivity contribution >= 4 is 25.1 Å². The molecular formula is C12H17ClNO4P. The normalized spacial score (nSPS) is 15.4. The fraction of sp³-hybridized carbons (Fsp3) is 0.417. The van der Waals surface area contributed by atoms with Gasteiger partial charge in [0.25, 0.3) is 0 Å². The van der Waals surface area contributed by atoms with Crippen LogP contribution in [0.2, 0.25) is 5.02 Å². The summed E-state index contributed by atoms with van der Waals surface area (Å²) in [5.41, 5.74) is 0. The Balaban J connectivity index is 2.63. The van der Waals surface area contributed by atoms with E-state index in [2.05, 4.69) is 5.09 Å². The lowest BCUT2D eigenvalue weighted by atomic mass is 10.3. The van der Waals surface area contributed by atoms with Gasteiger partial charge < -0.3 is 9.26 Å². The van der Waals surface area contributed by atoms with Gasteiger partial charge in [0, 0.05) is 11.7 Å². The van der Waals surface area contributed by atoms with Gasteiger partial charge in [-0.15, -0.1) is 0 Å². The Hall–Kier alpha value is -1.03. The van der Waals surface area contributed by atoms with E-state index in [1.165, 1.54) is 6.66 Å². The lowest BCUT2D eigenvalue weighted by molar-refractivity contribution is -0.144. The van der Waals surface area contributed by atoms with Crippen molar-refractivity contribution in [3.63, 3.8) is 0 Å². The van der Waals surface area contributed by atoms with Gasteiger partial charge in [-0.05, 0) is 38.1 Å². The topological polar surface area (TPSA) is 64.6 Å². The molecule has 0 aromatic heterocycles. The highest BCUT2D eigenvalue weighted by molar-refractivity contribution is 7.56. The first kappa shape index (κ1) is 16.0. The van der Waals surface area contributed by atoms with Crippen molar-refractivity contribution in [1.82, 2.24) is 5.09 Å². The fourth-order valence-electron chi connectivity index (χ4n) is 1.39. The molecule has 5 nitrogen and oxygen atoms in total. The van der Waals surface area contributed by atoms with Crippen molar-refractivity contribution < 1.29 is 18.6 Å². The van der Waals surface area contributed by atoms with Crippen LogP contribution >= 0.6 is 19.1 Å². The third kappa shape index (κ3) is 5.64. The Kier molecular flexibility index (Phi) is 5.85. The van der Waals surface area contributed by atoms with Gasteiger partial charge in [0.2, 0.25) is 0 Å². The molecule has 1 N–H and O–H groups in total. The molecule has 0 saturated carbocycles. The minimum Gasteiger partial charge on any atom is -0.465 e. The van der Waals surface area contributed by atoms with Gasteiger partial charge in [0.15, 0.2) is 0 Å². The van der Waals surface area contributed by atoms with Crippen LogP contribution < -0.4 is 9.61 Å². The zero-order valence-corrected chi connectivity index (χ0v) is 12.7. The van der Waals surface area contributed by atoms with Crippen LogP contribution in [0.15, 0.2) is 24.3 Å². The van der Waals surface area contributed by atoms with Gasteiger partial charge in [-0.1, -0.05) is 11.6 Å². The van der Waals surface area contributed by atoms with Gasteiger partial charge in [0.1, 0.15) is 11.8 Å². The van der Waals surface area contributed by atoms with Crippen molar-refractivity contribution in [1.29, 1.82) is 0 Å². The Morgan fingerprint density at radius 2 is 2.00 bits per heavy atom. The van der Waals surface area contributed by atoms with Crippen LogP contribution in [-0.4, -0.2) is 25.3 Å². The molecule has 106 valence electrons. The molecule has 0 bridgehead atoms. The second kappa shape index (κ2) is 6.94. The summed E-state index contributed by atoms with van der Waals surface area (Å²) >= 11 is 5.74. The monoisotopic (exact) mass is 305 g/mol. The number of halogens is 1. The average molecular weight is 306 g/mol. The summed E-state index contributed by atoms with van der Waals surface area (Å²) in [4.78, 5) is 11.4. The third-order valence-corrected chi connectivity index (χ3v) is 3.83. The lowest BCUT2D eigenvalue weighted by Crippen LogP contribution is -2.34. The van der Waals surface area contributed by atoms with E-state index in [0.29, 0.717) is 10.8 Å². The molecule has 0 aliphatic heterocycles. The van der Waals surface area contributed by atoms with Gasteiger partial charge in [-0.2, -0.15) is 0 Å². The molecular weight excluding hydrogens is 289 g/mol. The quantitative estimate of drug-likeness (QED) is 0.646. The number of nitrogens with one attached hydrogen (secondary N) is 1. The van der Waals surface area contributed by atoms with Gasteiger partial charge in [0.05, 0.1) is 6.61 Å². The number of carbonyl (C=O) groups excluding carboxylic acids is 1. The van der Waals surface area contributed by atoms with Crippen LogP contribution in [0, 0.1) is 0 Å². The average Bonchev–Trinajstić information content (AvgIpc) is 2.31. The largest absolute Gasteiger partial charge is 0.465 e. The first-order valence-electron chi connectivity index (χ1n) is 5.81. The van der Waals surface area contributed by atoms with Gasteiger partial charge in [-0.25, -0.2) is 5.09 Å². The van der Waals surface area contributed by atoms with Crippen molar-refractivity contribution in [2.75, 3.05) is 13.3 Å². The second-order valence-corrected chi connectivity index (χ2v) is 6.56. The predicted octanol–water partition coefficient (Wildman–Crippen LogP) is 3.08. The predicted molar refractivity (Wildman–Crippen MR) is 74.8 cm³/mol. The molecule has 0 saturated heterocycles. The van der Waals surface area contributed by atoms with E-state index in [9.17, 15) is 9.36 Å². The Morgan fingerprint density at radius 1 is 1.42 bits per heavy atom. The number of hydrogen-bond acceptors (Lipinski definition) is 4. The van der Waals surface area contributed by atoms with E-state index in [0.717, 1.165) is 0 Å². The molecule has 0 heterocycles. The highest BCUT2D eigenvalue weighted by Crippen LogP contribution is 2.39. The molecule has 1 rings (SSSR count). The summed E-state index contributed by atoms with van der Waals surface area (Å²) in [6, 6.07) is 5.77. The van der Waals surface area contributed by atoms with Crippen LogP contribution in [0.3, 0.4) is 0 Å². The van der Waals surface area contributed by atoms with Crippen LogP contribution in [0.1, 0.15) is 13.8 Å². The summed E-state index contributed by atoms with van der Waals surface area (Å²) in [5.74, 6) is -0.0527. The van der Waals surface area contributed by atoms with Gasteiger partial charge >= 0.3 is 13.5 Å². The minimum atomic E-state index is -3.16. The summed E-state index contributed by atoms with van der Waals surface area (Å²) in [6.45, 7) is 4.95. The van der Waals surface area contributed by atoms with Crippen LogP contribution in [-0.2, 0) is 14.1 Å². The number of esters is 1. The summed E-state index contributed by atoms with van der Waals surface area (Å²) < 4.78 is 22.4. The van der Waals surface area contributed by atoms with Crippen LogP contribution in [0.25, 0.3) is 0 Å². The smallest absolute Gasteiger partial charge is 0.323 e. The van der Waals surface area contributed by atoms with E-state index in [1.54, 1.807) is 38.1 Å². The molecule has 1 aromatic rings. The Bertz CT molecular complexity index is 477. The maximum Gasteiger partial charge on any atom is 0.323 e. The second-order valence-electron chi connectivity index (χ2n) is 3.99. The first-order valence-corrected chi connectivity index (χ1v) is 8.26. The van der Waals surface area contributed by atoms with Crippen molar-refractivity contribution in [3.8, 4) is 5.75 Å². The zero-order valence-electron chi connectivity index (χ0n) is 11.1. The summed E-state index contributed by atoms with van der Waals surface area (Å²) in [7, 11) is -3.16. The van der Waals surface area contributed by atoms with E-state index in [4.69, 9.17) is 20.9 Å². The molecule has 1 unspecified atom stereocenters. The molecule has 0 spiro atoms. The molecule has 7 heteroatoms. The van der Waals surface area contributed by atoms with E-state index in [1.807, 2.05) is 0 Å². The van der Waals surface area contributed by atoms with E-state index in [-0.39, 0.29) is 6.61 Å².